The minimum atomic E-state index is 0.492. The van der Waals surface area contributed by atoms with Crippen LogP contribution in [0, 0.1) is 0 Å². The van der Waals surface area contributed by atoms with Gasteiger partial charge in [-0.2, -0.15) is 5.10 Å². The molecule has 0 saturated heterocycles. The molecular formula is C12H21N3. The molecule has 84 valence electrons. The highest BCUT2D eigenvalue weighted by molar-refractivity contribution is 5.05. The number of hydrogen-bond donors (Lipinski definition) is 1. The van der Waals surface area contributed by atoms with Crippen molar-refractivity contribution in [1.29, 1.82) is 0 Å². The Labute approximate surface area is 92.0 Å². The summed E-state index contributed by atoms with van der Waals surface area (Å²) in [5.41, 5.74) is 6.53. The highest BCUT2D eigenvalue weighted by Gasteiger charge is 2.02. The third-order valence-electron chi connectivity index (χ3n) is 2.53. The summed E-state index contributed by atoms with van der Waals surface area (Å²) in [4.78, 5) is 0. The molecule has 0 amide bonds. The number of aromatic nitrogens is 2. The van der Waals surface area contributed by atoms with E-state index in [9.17, 15) is 0 Å². The zero-order valence-corrected chi connectivity index (χ0v) is 9.69. The standard InChI is InChI=1S/C12H21N3/c1-3-11(2)15-10-8-12(14-15)7-5-4-6-9-13/h4-5,8,10-11H,3,6-7,9,13H2,1-2H3. The van der Waals surface area contributed by atoms with Gasteiger partial charge in [-0.3, -0.25) is 4.68 Å². The fraction of sp³-hybridized carbons (Fsp3) is 0.583. The largest absolute Gasteiger partial charge is 0.330 e. The second-order valence-electron chi connectivity index (χ2n) is 3.80. The van der Waals surface area contributed by atoms with Crippen molar-refractivity contribution in [2.45, 2.75) is 39.2 Å². The third kappa shape index (κ3) is 3.88. The quantitative estimate of drug-likeness (QED) is 0.727. The first-order valence-electron chi connectivity index (χ1n) is 5.67. The lowest BCUT2D eigenvalue weighted by atomic mass is 10.2. The van der Waals surface area contributed by atoms with Crippen molar-refractivity contribution in [2.75, 3.05) is 6.54 Å². The molecule has 1 rings (SSSR count). The van der Waals surface area contributed by atoms with E-state index in [1.54, 1.807) is 0 Å². The van der Waals surface area contributed by atoms with Crippen LogP contribution in [-0.2, 0) is 6.42 Å². The van der Waals surface area contributed by atoms with Gasteiger partial charge in [-0.25, -0.2) is 0 Å². The zero-order valence-electron chi connectivity index (χ0n) is 9.69. The molecule has 1 atom stereocenters. The summed E-state index contributed by atoms with van der Waals surface area (Å²) in [5, 5.41) is 4.51. The van der Waals surface area contributed by atoms with E-state index in [2.05, 4.69) is 43.4 Å². The van der Waals surface area contributed by atoms with E-state index in [1.807, 2.05) is 4.68 Å². The van der Waals surface area contributed by atoms with Gasteiger partial charge < -0.3 is 5.73 Å². The second kappa shape index (κ2) is 6.40. The summed E-state index contributed by atoms with van der Waals surface area (Å²) in [5.74, 6) is 0. The van der Waals surface area contributed by atoms with Crippen LogP contribution in [0.1, 0.15) is 38.4 Å². The number of nitrogens with two attached hydrogens (primary N) is 1. The first-order valence-corrected chi connectivity index (χ1v) is 5.67. The average Bonchev–Trinajstić information content (AvgIpc) is 2.72. The molecule has 0 aliphatic rings. The molecule has 0 bridgehead atoms. The van der Waals surface area contributed by atoms with Gasteiger partial charge in [0, 0.05) is 18.7 Å². The van der Waals surface area contributed by atoms with Crippen LogP contribution in [0.5, 0.6) is 0 Å². The van der Waals surface area contributed by atoms with Crippen molar-refractivity contribution in [2.24, 2.45) is 5.73 Å². The smallest absolute Gasteiger partial charge is 0.0662 e. The van der Waals surface area contributed by atoms with Crippen molar-refractivity contribution in [3.63, 3.8) is 0 Å². The summed E-state index contributed by atoms with van der Waals surface area (Å²) >= 11 is 0. The Hall–Kier alpha value is -1.09. The second-order valence-corrected chi connectivity index (χ2v) is 3.80. The summed E-state index contributed by atoms with van der Waals surface area (Å²) in [6.07, 6.45) is 9.28. The molecule has 15 heavy (non-hydrogen) atoms. The van der Waals surface area contributed by atoms with Gasteiger partial charge >= 0.3 is 0 Å². The molecule has 0 aliphatic heterocycles. The van der Waals surface area contributed by atoms with Gasteiger partial charge in [-0.1, -0.05) is 19.1 Å². The summed E-state index contributed by atoms with van der Waals surface area (Å²) in [6, 6.07) is 2.57. The van der Waals surface area contributed by atoms with Gasteiger partial charge in [0.2, 0.25) is 0 Å². The van der Waals surface area contributed by atoms with E-state index in [0.717, 1.165) is 31.5 Å². The first-order chi connectivity index (χ1) is 7.27. The SMILES string of the molecule is CCC(C)n1ccc(CC=CCCN)n1. The molecule has 0 fully saturated rings. The Balaban J connectivity index is 2.46. The minimum Gasteiger partial charge on any atom is -0.330 e. The van der Waals surface area contributed by atoms with Crippen molar-refractivity contribution >= 4 is 0 Å². The van der Waals surface area contributed by atoms with E-state index < -0.39 is 0 Å². The summed E-state index contributed by atoms with van der Waals surface area (Å²) in [7, 11) is 0. The third-order valence-corrected chi connectivity index (χ3v) is 2.53. The van der Waals surface area contributed by atoms with Crippen molar-refractivity contribution in [1.82, 2.24) is 9.78 Å². The van der Waals surface area contributed by atoms with Crippen LogP contribution in [0.4, 0.5) is 0 Å². The monoisotopic (exact) mass is 207 g/mol. The van der Waals surface area contributed by atoms with Crippen LogP contribution >= 0.6 is 0 Å². The van der Waals surface area contributed by atoms with Crippen molar-refractivity contribution in [3.05, 3.63) is 30.1 Å². The van der Waals surface area contributed by atoms with Crippen molar-refractivity contribution < 1.29 is 0 Å². The maximum absolute atomic E-state index is 5.40. The van der Waals surface area contributed by atoms with Gasteiger partial charge in [0.1, 0.15) is 0 Å². The van der Waals surface area contributed by atoms with Crippen LogP contribution in [0.3, 0.4) is 0 Å². The maximum atomic E-state index is 5.40. The lowest BCUT2D eigenvalue weighted by Crippen LogP contribution is -2.04. The molecule has 0 radical (unpaired) electrons. The predicted molar refractivity (Wildman–Crippen MR) is 63.7 cm³/mol. The van der Waals surface area contributed by atoms with Gasteiger partial charge in [-0.15, -0.1) is 0 Å². The van der Waals surface area contributed by atoms with Crippen molar-refractivity contribution in [3.8, 4) is 0 Å². The van der Waals surface area contributed by atoms with Gasteiger partial charge in [-0.05, 0) is 32.4 Å². The predicted octanol–water partition coefficient (Wildman–Crippen LogP) is 2.30. The Bertz CT molecular complexity index is 302. The molecule has 2 N–H and O–H groups in total. The number of hydrogen-bond acceptors (Lipinski definition) is 2. The summed E-state index contributed by atoms with van der Waals surface area (Å²) in [6.45, 7) is 5.08. The highest BCUT2D eigenvalue weighted by Crippen LogP contribution is 2.09. The first kappa shape index (κ1) is 12.0. The van der Waals surface area contributed by atoms with Crippen LogP contribution in [0.2, 0.25) is 0 Å². The van der Waals surface area contributed by atoms with Crippen LogP contribution in [0.25, 0.3) is 0 Å². The number of nitrogens with zero attached hydrogens (tertiary/aromatic N) is 2. The average molecular weight is 207 g/mol. The Kier molecular flexibility index (Phi) is 5.12. The van der Waals surface area contributed by atoms with Gasteiger partial charge in [0.15, 0.2) is 0 Å². The van der Waals surface area contributed by atoms with Crippen LogP contribution < -0.4 is 5.73 Å². The Morgan fingerprint density at radius 1 is 1.53 bits per heavy atom. The normalized spacial score (nSPS) is 13.5. The maximum Gasteiger partial charge on any atom is 0.0662 e. The van der Waals surface area contributed by atoms with E-state index in [-0.39, 0.29) is 0 Å². The number of rotatable bonds is 6. The topological polar surface area (TPSA) is 43.8 Å². The number of allylic oxidation sites excluding steroid dienone is 1. The zero-order chi connectivity index (χ0) is 11.1. The van der Waals surface area contributed by atoms with Crippen LogP contribution in [0.15, 0.2) is 24.4 Å². The van der Waals surface area contributed by atoms with E-state index in [4.69, 9.17) is 5.73 Å². The van der Waals surface area contributed by atoms with Gasteiger partial charge in [0.05, 0.1) is 5.69 Å². The molecule has 1 unspecified atom stereocenters. The lowest BCUT2D eigenvalue weighted by molar-refractivity contribution is 0.474. The molecule has 3 heteroatoms. The Morgan fingerprint density at radius 3 is 3.00 bits per heavy atom. The molecular weight excluding hydrogens is 186 g/mol. The Morgan fingerprint density at radius 2 is 2.33 bits per heavy atom. The molecule has 1 aromatic rings. The van der Waals surface area contributed by atoms with Gasteiger partial charge in [0.25, 0.3) is 0 Å². The van der Waals surface area contributed by atoms with Crippen LogP contribution in [-0.4, -0.2) is 16.3 Å². The van der Waals surface area contributed by atoms with E-state index in [0.29, 0.717) is 6.04 Å². The molecule has 0 saturated carbocycles. The fourth-order valence-corrected chi connectivity index (χ4v) is 1.34. The molecule has 0 aromatic carbocycles. The summed E-state index contributed by atoms with van der Waals surface area (Å²) < 4.78 is 2.03. The lowest BCUT2D eigenvalue weighted by Gasteiger charge is -2.07. The fourth-order valence-electron chi connectivity index (χ4n) is 1.34. The molecule has 1 aromatic heterocycles. The molecule has 3 nitrogen and oxygen atoms in total. The molecule has 0 spiro atoms. The molecule has 1 heterocycles. The van der Waals surface area contributed by atoms with E-state index in [1.165, 1.54) is 0 Å². The highest BCUT2D eigenvalue weighted by atomic mass is 15.3. The molecule has 0 aliphatic carbocycles. The minimum absolute atomic E-state index is 0.492. The van der Waals surface area contributed by atoms with E-state index >= 15 is 0 Å².